The highest BCUT2D eigenvalue weighted by Crippen LogP contribution is 2.14. The van der Waals surface area contributed by atoms with E-state index >= 15 is 0 Å². The van der Waals surface area contributed by atoms with Gasteiger partial charge in [0.15, 0.2) is 5.82 Å². The molecule has 0 fully saturated rings. The van der Waals surface area contributed by atoms with Gasteiger partial charge in [-0.15, -0.1) is 5.10 Å². The Hall–Kier alpha value is -1.45. The van der Waals surface area contributed by atoms with E-state index in [1.54, 1.807) is 24.0 Å². The van der Waals surface area contributed by atoms with Gasteiger partial charge in [0.25, 0.3) is 0 Å². The van der Waals surface area contributed by atoms with Crippen LogP contribution in [0, 0.1) is 0 Å². The number of rotatable bonds is 2. The average molecular weight is 150 g/mol. The summed E-state index contributed by atoms with van der Waals surface area (Å²) in [5, 5.41) is 7.62. The highest BCUT2D eigenvalue weighted by atomic mass is 15.4. The topological polar surface area (TPSA) is 43.1 Å². The molecule has 1 rings (SSSR count). The van der Waals surface area contributed by atoms with Crippen molar-refractivity contribution in [3.63, 3.8) is 0 Å². The fourth-order valence-corrected chi connectivity index (χ4v) is 0.772. The monoisotopic (exact) mass is 150 g/mol. The minimum absolute atomic E-state index is 0.714. The Kier molecular flexibility index (Phi) is 2.15. The van der Waals surface area contributed by atoms with E-state index in [2.05, 4.69) is 21.9 Å². The lowest BCUT2D eigenvalue weighted by molar-refractivity contribution is 0.717. The maximum absolute atomic E-state index is 4.08. The van der Waals surface area contributed by atoms with Gasteiger partial charge in [-0.1, -0.05) is 11.8 Å². The molecule has 0 saturated heterocycles. The van der Waals surface area contributed by atoms with Gasteiger partial charge in [-0.25, -0.2) is 9.67 Å². The van der Waals surface area contributed by atoms with Gasteiger partial charge in [-0.2, -0.15) is 0 Å². The molecule has 0 aliphatic carbocycles. The van der Waals surface area contributed by atoms with Gasteiger partial charge < -0.3 is 0 Å². The van der Waals surface area contributed by atoms with Crippen LogP contribution in [0.5, 0.6) is 0 Å². The lowest BCUT2D eigenvalue weighted by Gasteiger charge is -1.91. The summed E-state index contributed by atoms with van der Waals surface area (Å²) in [7, 11) is 1.79. The number of hydrogen-bond donors (Lipinski definition) is 0. The standard InChI is InChI=1S/C7H10N4/c1-4-6-7(8-5-2)11(3)10-9-6/h4-5H,1H2,2-3H3. The molecule has 0 atom stereocenters. The molecule has 58 valence electrons. The first-order valence-corrected chi connectivity index (χ1v) is 3.30. The summed E-state index contributed by atoms with van der Waals surface area (Å²) in [5.41, 5.74) is 0.714. The summed E-state index contributed by atoms with van der Waals surface area (Å²) in [6, 6.07) is 0. The fraction of sp³-hybridized carbons (Fsp3) is 0.286. The third kappa shape index (κ3) is 1.34. The minimum atomic E-state index is 0.714. The Morgan fingerprint density at radius 2 is 2.36 bits per heavy atom. The van der Waals surface area contributed by atoms with Gasteiger partial charge in [0, 0.05) is 13.3 Å². The van der Waals surface area contributed by atoms with Crippen LogP contribution in [0.2, 0.25) is 0 Å². The summed E-state index contributed by atoms with van der Waals surface area (Å²) in [6.07, 6.45) is 3.33. The number of nitrogens with zero attached hydrogens (tertiary/aromatic N) is 4. The lowest BCUT2D eigenvalue weighted by Crippen LogP contribution is -1.88. The Morgan fingerprint density at radius 3 is 2.91 bits per heavy atom. The highest BCUT2D eigenvalue weighted by molar-refractivity contribution is 5.63. The maximum Gasteiger partial charge on any atom is 0.177 e. The van der Waals surface area contributed by atoms with Crippen LogP contribution in [0.3, 0.4) is 0 Å². The summed E-state index contributed by atoms with van der Waals surface area (Å²) < 4.78 is 1.61. The van der Waals surface area contributed by atoms with Crippen molar-refractivity contribution in [2.24, 2.45) is 12.0 Å². The molecule has 1 heterocycles. The Bertz CT molecular complexity index is 285. The second-order valence-electron chi connectivity index (χ2n) is 2.01. The van der Waals surface area contributed by atoms with E-state index in [-0.39, 0.29) is 0 Å². The fourth-order valence-electron chi connectivity index (χ4n) is 0.772. The normalized spacial score (nSPS) is 10.7. The third-order valence-corrected chi connectivity index (χ3v) is 1.27. The largest absolute Gasteiger partial charge is 0.240 e. The second-order valence-corrected chi connectivity index (χ2v) is 2.01. The van der Waals surface area contributed by atoms with Crippen LogP contribution < -0.4 is 0 Å². The Labute approximate surface area is 65.3 Å². The smallest absolute Gasteiger partial charge is 0.177 e. The van der Waals surface area contributed by atoms with E-state index in [0.717, 1.165) is 5.82 Å². The van der Waals surface area contributed by atoms with Crippen molar-refractivity contribution in [2.45, 2.75) is 6.92 Å². The number of hydrogen-bond acceptors (Lipinski definition) is 3. The van der Waals surface area contributed by atoms with Crippen LogP contribution in [-0.2, 0) is 7.05 Å². The zero-order chi connectivity index (χ0) is 8.27. The molecule has 1 aromatic heterocycles. The molecule has 0 amide bonds. The molecular formula is C7H10N4. The zero-order valence-corrected chi connectivity index (χ0v) is 6.65. The molecular weight excluding hydrogens is 140 g/mol. The van der Waals surface area contributed by atoms with E-state index in [4.69, 9.17) is 0 Å². The van der Waals surface area contributed by atoms with Crippen molar-refractivity contribution in [3.05, 3.63) is 12.3 Å². The van der Waals surface area contributed by atoms with Crippen LogP contribution in [0.25, 0.3) is 6.08 Å². The van der Waals surface area contributed by atoms with Crippen LogP contribution >= 0.6 is 0 Å². The molecule has 4 nitrogen and oxygen atoms in total. The zero-order valence-electron chi connectivity index (χ0n) is 6.65. The van der Waals surface area contributed by atoms with Crippen molar-refractivity contribution in [1.82, 2.24) is 15.0 Å². The first-order valence-electron chi connectivity index (χ1n) is 3.30. The van der Waals surface area contributed by atoms with Gasteiger partial charge in [0.1, 0.15) is 5.69 Å². The summed E-state index contributed by atoms with van der Waals surface area (Å²) in [6.45, 7) is 5.44. The lowest BCUT2D eigenvalue weighted by atomic mass is 10.4. The molecule has 0 saturated carbocycles. The first kappa shape index (κ1) is 7.65. The summed E-state index contributed by atoms with van der Waals surface area (Å²) in [4.78, 5) is 4.08. The molecule has 4 heteroatoms. The van der Waals surface area contributed by atoms with E-state index in [1.165, 1.54) is 0 Å². The molecule has 0 aliphatic heterocycles. The van der Waals surface area contributed by atoms with Crippen molar-refractivity contribution < 1.29 is 0 Å². The van der Waals surface area contributed by atoms with E-state index < -0.39 is 0 Å². The quantitative estimate of drug-likeness (QED) is 0.594. The van der Waals surface area contributed by atoms with Gasteiger partial charge in [0.2, 0.25) is 0 Å². The van der Waals surface area contributed by atoms with Gasteiger partial charge >= 0.3 is 0 Å². The van der Waals surface area contributed by atoms with Crippen molar-refractivity contribution in [1.29, 1.82) is 0 Å². The van der Waals surface area contributed by atoms with E-state index in [1.807, 2.05) is 6.92 Å². The van der Waals surface area contributed by atoms with E-state index in [9.17, 15) is 0 Å². The number of aliphatic imine (C=N–C) groups is 1. The minimum Gasteiger partial charge on any atom is -0.240 e. The second kappa shape index (κ2) is 3.09. The number of aromatic nitrogens is 3. The SMILES string of the molecule is C=Cc1nnn(C)c1N=CC. The summed E-state index contributed by atoms with van der Waals surface area (Å²) >= 11 is 0. The van der Waals surface area contributed by atoms with Crippen LogP contribution in [0.4, 0.5) is 5.82 Å². The Balaban J connectivity index is 3.17. The van der Waals surface area contributed by atoms with Crippen LogP contribution in [0.1, 0.15) is 12.6 Å². The molecule has 0 radical (unpaired) electrons. The predicted octanol–water partition coefficient (Wildman–Crippen LogP) is 1.18. The average Bonchev–Trinajstić information content (AvgIpc) is 2.34. The van der Waals surface area contributed by atoms with Crippen molar-refractivity contribution >= 4 is 18.1 Å². The molecule has 0 aromatic carbocycles. The molecule has 1 aromatic rings. The Morgan fingerprint density at radius 1 is 1.64 bits per heavy atom. The van der Waals surface area contributed by atoms with Crippen LogP contribution in [-0.4, -0.2) is 21.2 Å². The highest BCUT2D eigenvalue weighted by Gasteiger charge is 2.03. The third-order valence-electron chi connectivity index (χ3n) is 1.27. The van der Waals surface area contributed by atoms with Crippen molar-refractivity contribution in [3.8, 4) is 0 Å². The maximum atomic E-state index is 4.08. The van der Waals surface area contributed by atoms with E-state index in [0.29, 0.717) is 5.69 Å². The molecule has 0 bridgehead atoms. The predicted molar refractivity (Wildman–Crippen MR) is 44.9 cm³/mol. The molecule has 0 aliphatic rings. The van der Waals surface area contributed by atoms with Gasteiger partial charge in [-0.3, -0.25) is 0 Å². The van der Waals surface area contributed by atoms with Crippen LogP contribution in [0.15, 0.2) is 11.6 Å². The molecule has 0 unspecified atom stereocenters. The molecule has 0 spiro atoms. The molecule has 0 N–H and O–H groups in total. The van der Waals surface area contributed by atoms with Crippen molar-refractivity contribution in [2.75, 3.05) is 0 Å². The van der Waals surface area contributed by atoms with Gasteiger partial charge in [-0.05, 0) is 13.0 Å². The molecule has 11 heavy (non-hydrogen) atoms. The van der Waals surface area contributed by atoms with Gasteiger partial charge in [0.05, 0.1) is 0 Å². The number of aryl methyl sites for hydroxylation is 1. The summed E-state index contributed by atoms with van der Waals surface area (Å²) in [5.74, 6) is 0.738. The first-order chi connectivity index (χ1) is 5.29.